The van der Waals surface area contributed by atoms with Crippen LogP contribution in [0.4, 0.5) is 11.4 Å². The van der Waals surface area contributed by atoms with Gasteiger partial charge in [0.25, 0.3) is 31.9 Å². The van der Waals surface area contributed by atoms with Crippen LogP contribution in [-0.2, 0) is 20.0 Å². The van der Waals surface area contributed by atoms with Gasteiger partial charge in [0.15, 0.2) is 0 Å². The van der Waals surface area contributed by atoms with Gasteiger partial charge in [-0.05, 0) is 47.2 Å². The number of piperazine rings is 1. The number of hydrogen-bond acceptors (Lipinski definition) is 9. The van der Waals surface area contributed by atoms with E-state index in [4.69, 9.17) is 0 Å². The molecule has 0 spiro atoms. The Labute approximate surface area is 258 Å². The Balaban J connectivity index is 1.13. The number of benzene rings is 2. The highest BCUT2D eigenvalue weighted by molar-refractivity contribution is 7.95. The van der Waals surface area contributed by atoms with E-state index in [2.05, 4.69) is 19.7 Å². The highest BCUT2D eigenvalue weighted by Gasteiger charge is 2.26. The van der Waals surface area contributed by atoms with Gasteiger partial charge in [-0.3, -0.25) is 23.9 Å². The highest BCUT2D eigenvalue weighted by atomic mass is 32.3. The topological polar surface area (TPSA) is 145 Å². The molecule has 2 aromatic heterocycles. The Kier molecular flexibility index (Phi) is 9.46. The minimum Gasteiger partial charge on any atom is -0.351 e. The molecular formula is C28H29N5O6S4. The molecule has 0 bridgehead atoms. The van der Waals surface area contributed by atoms with Crippen LogP contribution in [0, 0.1) is 0 Å². The van der Waals surface area contributed by atoms with Crippen LogP contribution < -0.4 is 14.8 Å². The average molecular weight is 660 g/mol. The maximum absolute atomic E-state index is 13.3. The Morgan fingerprint density at radius 3 is 1.72 bits per heavy atom. The molecule has 5 rings (SSSR count). The Morgan fingerprint density at radius 2 is 1.19 bits per heavy atom. The van der Waals surface area contributed by atoms with Crippen molar-refractivity contribution in [2.75, 3.05) is 48.7 Å². The van der Waals surface area contributed by atoms with Crippen LogP contribution in [0.15, 0.2) is 92.0 Å². The fourth-order valence-corrected chi connectivity index (χ4v) is 8.66. The SMILES string of the molecule is O=C(NCCN1CCN(C(=O)c2ccccc2NS(=O)(=O)c2cccs2)CC1)c1ccccc1NS(=O)(=O)c1cccs1. The highest BCUT2D eigenvalue weighted by Crippen LogP contribution is 2.25. The summed E-state index contributed by atoms with van der Waals surface area (Å²) in [6, 6.07) is 19.3. The third-order valence-corrected chi connectivity index (χ3v) is 12.2. The summed E-state index contributed by atoms with van der Waals surface area (Å²) in [6.45, 7) is 2.88. The predicted molar refractivity (Wildman–Crippen MR) is 168 cm³/mol. The lowest BCUT2D eigenvalue weighted by atomic mass is 10.1. The number of nitrogens with zero attached hydrogens (tertiary/aromatic N) is 2. The number of anilines is 2. The van der Waals surface area contributed by atoms with E-state index in [-0.39, 0.29) is 36.8 Å². The van der Waals surface area contributed by atoms with Gasteiger partial charge in [-0.15, -0.1) is 22.7 Å². The van der Waals surface area contributed by atoms with Gasteiger partial charge in [0, 0.05) is 39.3 Å². The molecule has 2 aromatic carbocycles. The molecule has 1 fully saturated rings. The van der Waals surface area contributed by atoms with Crippen molar-refractivity contribution in [1.82, 2.24) is 15.1 Å². The molecule has 3 heterocycles. The summed E-state index contributed by atoms with van der Waals surface area (Å²) in [5.74, 6) is -0.668. The van der Waals surface area contributed by atoms with Gasteiger partial charge in [-0.25, -0.2) is 16.8 Å². The minimum atomic E-state index is -3.80. The molecule has 15 heteroatoms. The number of sulfonamides is 2. The van der Waals surface area contributed by atoms with Gasteiger partial charge < -0.3 is 10.2 Å². The van der Waals surface area contributed by atoms with Crippen LogP contribution in [-0.4, -0.2) is 77.7 Å². The normalized spacial score (nSPS) is 14.3. The minimum absolute atomic E-state index is 0.156. The van der Waals surface area contributed by atoms with Crippen molar-refractivity contribution in [2.45, 2.75) is 8.42 Å². The molecule has 1 saturated heterocycles. The average Bonchev–Trinajstić information content (AvgIpc) is 3.74. The number of amides is 2. The first-order valence-electron chi connectivity index (χ1n) is 13.2. The molecule has 0 aliphatic carbocycles. The van der Waals surface area contributed by atoms with Crippen molar-refractivity contribution < 1.29 is 26.4 Å². The van der Waals surface area contributed by atoms with Gasteiger partial charge in [0.1, 0.15) is 8.42 Å². The van der Waals surface area contributed by atoms with E-state index in [9.17, 15) is 26.4 Å². The van der Waals surface area contributed by atoms with Gasteiger partial charge in [-0.1, -0.05) is 36.4 Å². The molecule has 43 heavy (non-hydrogen) atoms. The van der Waals surface area contributed by atoms with E-state index in [1.54, 1.807) is 76.3 Å². The number of hydrogen-bond donors (Lipinski definition) is 3. The summed E-state index contributed by atoms with van der Waals surface area (Å²) >= 11 is 2.18. The molecule has 226 valence electrons. The first-order chi connectivity index (χ1) is 20.6. The molecule has 0 radical (unpaired) electrons. The van der Waals surface area contributed by atoms with Gasteiger partial charge in [-0.2, -0.15) is 0 Å². The maximum Gasteiger partial charge on any atom is 0.271 e. The zero-order valence-electron chi connectivity index (χ0n) is 22.8. The molecule has 1 aliphatic heterocycles. The fraction of sp³-hybridized carbons (Fsp3) is 0.214. The Morgan fingerprint density at radius 1 is 0.674 bits per heavy atom. The van der Waals surface area contributed by atoms with Crippen molar-refractivity contribution in [2.24, 2.45) is 0 Å². The van der Waals surface area contributed by atoms with E-state index in [1.807, 2.05) is 0 Å². The van der Waals surface area contributed by atoms with Crippen molar-refractivity contribution in [3.8, 4) is 0 Å². The monoisotopic (exact) mass is 659 g/mol. The maximum atomic E-state index is 13.3. The van der Waals surface area contributed by atoms with E-state index in [1.165, 1.54) is 12.1 Å². The molecule has 11 nitrogen and oxygen atoms in total. The van der Waals surface area contributed by atoms with E-state index < -0.39 is 26.0 Å². The van der Waals surface area contributed by atoms with Gasteiger partial charge in [0.2, 0.25) is 0 Å². The number of rotatable bonds is 11. The number of carbonyl (C=O) groups is 2. The summed E-state index contributed by atoms with van der Waals surface area (Å²) in [5.41, 5.74) is 0.908. The molecule has 2 amide bonds. The third kappa shape index (κ3) is 7.43. The zero-order valence-corrected chi connectivity index (χ0v) is 26.1. The van der Waals surface area contributed by atoms with Crippen LogP contribution in [0.1, 0.15) is 20.7 Å². The van der Waals surface area contributed by atoms with Crippen molar-refractivity contribution in [1.29, 1.82) is 0 Å². The van der Waals surface area contributed by atoms with Crippen LogP contribution in [0.25, 0.3) is 0 Å². The Hall–Kier alpha value is -3.76. The summed E-state index contributed by atoms with van der Waals surface area (Å²) in [5, 5.41) is 6.19. The predicted octanol–water partition coefficient (Wildman–Crippen LogP) is 3.60. The van der Waals surface area contributed by atoms with Gasteiger partial charge >= 0.3 is 0 Å². The quantitative estimate of drug-likeness (QED) is 0.223. The Bertz CT molecular complexity index is 1780. The van der Waals surface area contributed by atoms with Crippen molar-refractivity contribution in [3.63, 3.8) is 0 Å². The fourth-order valence-electron chi connectivity index (χ4n) is 4.52. The number of para-hydroxylation sites is 2. The first-order valence-corrected chi connectivity index (χ1v) is 18.0. The van der Waals surface area contributed by atoms with E-state index in [0.717, 1.165) is 22.7 Å². The molecule has 0 unspecified atom stereocenters. The third-order valence-electron chi connectivity index (χ3n) is 6.71. The summed E-state index contributed by atoms with van der Waals surface area (Å²) in [7, 11) is -7.61. The van der Waals surface area contributed by atoms with Crippen molar-refractivity contribution >= 4 is 65.9 Å². The standard InChI is InChI=1S/C28H29N5O6S4/c34-27(21-7-1-3-9-23(21)30-42(36,37)25-11-5-19-40-25)29-13-14-32-15-17-33(18-16-32)28(35)22-8-2-4-10-24(22)31-43(38,39)26-12-6-20-41-26/h1-12,19-20,30-31H,13-18H2,(H,29,34). The van der Waals surface area contributed by atoms with Crippen LogP contribution >= 0.6 is 22.7 Å². The van der Waals surface area contributed by atoms with E-state index >= 15 is 0 Å². The molecule has 0 atom stereocenters. The lowest BCUT2D eigenvalue weighted by molar-refractivity contribution is 0.0639. The van der Waals surface area contributed by atoms with Crippen LogP contribution in [0.2, 0.25) is 0 Å². The number of carbonyl (C=O) groups excluding carboxylic acids is 2. The largest absolute Gasteiger partial charge is 0.351 e. The van der Waals surface area contributed by atoms with Crippen LogP contribution in [0.3, 0.4) is 0 Å². The number of nitrogens with one attached hydrogen (secondary N) is 3. The number of thiophene rings is 2. The second-order valence-electron chi connectivity index (χ2n) is 9.56. The van der Waals surface area contributed by atoms with E-state index in [0.29, 0.717) is 39.3 Å². The zero-order chi connectivity index (χ0) is 30.5. The summed E-state index contributed by atoms with van der Waals surface area (Å²) in [6.07, 6.45) is 0. The van der Waals surface area contributed by atoms with Crippen molar-refractivity contribution in [3.05, 3.63) is 94.7 Å². The molecule has 1 aliphatic rings. The molecular weight excluding hydrogens is 631 g/mol. The molecule has 0 saturated carbocycles. The molecule has 4 aromatic rings. The second kappa shape index (κ2) is 13.3. The van der Waals surface area contributed by atoms with Crippen LogP contribution in [0.5, 0.6) is 0 Å². The lowest BCUT2D eigenvalue weighted by Crippen LogP contribution is -2.50. The second-order valence-corrected chi connectivity index (χ2v) is 15.3. The summed E-state index contributed by atoms with van der Waals surface area (Å²) < 4.78 is 56.1. The summed E-state index contributed by atoms with van der Waals surface area (Å²) in [4.78, 5) is 30.1. The van der Waals surface area contributed by atoms with Gasteiger partial charge in [0.05, 0.1) is 22.5 Å². The molecule has 3 N–H and O–H groups in total. The first kappa shape index (κ1) is 30.7. The lowest BCUT2D eigenvalue weighted by Gasteiger charge is -2.35. The smallest absolute Gasteiger partial charge is 0.271 e.